The number of nitrogens with two attached hydrogens (primary N) is 1. The van der Waals surface area contributed by atoms with Crippen molar-refractivity contribution in [3.63, 3.8) is 0 Å². The van der Waals surface area contributed by atoms with Crippen LogP contribution in [0.2, 0.25) is 0 Å². The number of halogens is 1. The zero-order valence-corrected chi connectivity index (χ0v) is 12.5. The summed E-state index contributed by atoms with van der Waals surface area (Å²) in [7, 11) is 0. The van der Waals surface area contributed by atoms with E-state index in [-0.39, 0.29) is 0 Å². The van der Waals surface area contributed by atoms with Crippen LogP contribution >= 0.6 is 22.6 Å². The molecule has 0 radical (unpaired) electrons. The van der Waals surface area contributed by atoms with Crippen molar-refractivity contribution >= 4 is 28.4 Å². The molecule has 0 unspecified atom stereocenters. The van der Waals surface area contributed by atoms with Gasteiger partial charge in [0, 0.05) is 18.0 Å². The number of hydrogen-bond acceptors (Lipinski definition) is 5. The number of benzene rings is 1. The van der Waals surface area contributed by atoms with Gasteiger partial charge in [-0.25, -0.2) is 19.9 Å². The first-order valence-electron chi connectivity index (χ1n) is 5.91. The molecule has 1 aromatic carbocycles. The Kier molecular flexibility index (Phi) is 3.55. The maximum atomic E-state index is 5.98. The van der Waals surface area contributed by atoms with Crippen LogP contribution in [0.25, 0.3) is 22.9 Å². The van der Waals surface area contributed by atoms with Crippen molar-refractivity contribution in [2.75, 3.05) is 5.73 Å². The molecule has 0 fully saturated rings. The highest BCUT2D eigenvalue weighted by Crippen LogP contribution is 2.28. The maximum absolute atomic E-state index is 5.98. The van der Waals surface area contributed by atoms with E-state index in [9.17, 15) is 0 Å². The van der Waals surface area contributed by atoms with Crippen LogP contribution in [0.5, 0.6) is 0 Å². The summed E-state index contributed by atoms with van der Waals surface area (Å²) in [5, 5.41) is 0. The Bertz CT molecular complexity index is 731. The first-order valence-corrected chi connectivity index (χ1v) is 6.99. The lowest BCUT2D eigenvalue weighted by atomic mass is 10.1. The molecule has 0 atom stereocenters. The molecule has 5 nitrogen and oxygen atoms in total. The number of nitrogen functional groups attached to an aromatic ring is 1. The molecule has 2 N–H and O–H groups in total. The minimum atomic E-state index is 0.432. The van der Waals surface area contributed by atoms with Crippen LogP contribution in [-0.2, 0) is 0 Å². The summed E-state index contributed by atoms with van der Waals surface area (Å²) in [6.07, 6.45) is 3.31. The van der Waals surface area contributed by atoms with Crippen LogP contribution in [0, 0.1) is 3.57 Å². The van der Waals surface area contributed by atoms with Crippen molar-refractivity contribution in [2.45, 2.75) is 0 Å². The first-order chi connectivity index (χ1) is 9.75. The molecule has 0 aliphatic rings. The molecule has 0 aliphatic heterocycles. The van der Waals surface area contributed by atoms with Crippen LogP contribution in [-0.4, -0.2) is 19.9 Å². The van der Waals surface area contributed by atoms with E-state index in [0.717, 1.165) is 14.8 Å². The summed E-state index contributed by atoms with van der Waals surface area (Å²) in [5.41, 5.74) is 7.76. The third-order valence-corrected chi connectivity index (χ3v) is 3.75. The van der Waals surface area contributed by atoms with Crippen molar-refractivity contribution in [1.82, 2.24) is 19.9 Å². The normalized spacial score (nSPS) is 10.4. The van der Waals surface area contributed by atoms with E-state index in [4.69, 9.17) is 5.73 Å². The number of anilines is 1. The summed E-state index contributed by atoms with van der Waals surface area (Å²) in [6.45, 7) is 0. The van der Waals surface area contributed by atoms with Crippen molar-refractivity contribution in [3.8, 4) is 22.9 Å². The van der Waals surface area contributed by atoms with E-state index in [2.05, 4.69) is 42.5 Å². The second-order valence-electron chi connectivity index (χ2n) is 4.03. The summed E-state index contributed by atoms with van der Waals surface area (Å²) in [4.78, 5) is 17.1. The Labute approximate surface area is 129 Å². The van der Waals surface area contributed by atoms with E-state index < -0.39 is 0 Å². The van der Waals surface area contributed by atoms with Crippen LogP contribution < -0.4 is 5.73 Å². The van der Waals surface area contributed by atoms with Gasteiger partial charge in [0.05, 0.1) is 9.26 Å². The van der Waals surface area contributed by atoms with Crippen LogP contribution in [0.3, 0.4) is 0 Å². The van der Waals surface area contributed by atoms with Gasteiger partial charge in [-0.15, -0.1) is 0 Å². The molecule has 0 saturated carbocycles. The Morgan fingerprint density at radius 2 is 1.55 bits per heavy atom. The molecule has 0 bridgehead atoms. The lowest BCUT2D eigenvalue weighted by molar-refractivity contribution is 1.08. The monoisotopic (exact) mass is 375 g/mol. The fourth-order valence-corrected chi connectivity index (χ4v) is 2.32. The Hall–Kier alpha value is -2.09. The van der Waals surface area contributed by atoms with Crippen LogP contribution in [0.15, 0.2) is 48.8 Å². The maximum Gasteiger partial charge on any atom is 0.200 e. The van der Waals surface area contributed by atoms with Gasteiger partial charge in [0.25, 0.3) is 0 Å². The highest BCUT2D eigenvalue weighted by atomic mass is 127. The van der Waals surface area contributed by atoms with Gasteiger partial charge in [-0.1, -0.05) is 30.3 Å². The van der Waals surface area contributed by atoms with E-state index in [1.54, 1.807) is 18.5 Å². The molecule has 0 amide bonds. The summed E-state index contributed by atoms with van der Waals surface area (Å²) >= 11 is 2.15. The smallest absolute Gasteiger partial charge is 0.200 e. The van der Waals surface area contributed by atoms with Crippen LogP contribution in [0.1, 0.15) is 0 Å². The third-order valence-electron chi connectivity index (χ3n) is 2.69. The highest BCUT2D eigenvalue weighted by molar-refractivity contribution is 14.1. The average Bonchev–Trinajstić information content (AvgIpc) is 2.51. The van der Waals surface area contributed by atoms with E-state index >= 15 is 0 Å². The quantitative estimate of drug-likeness (QED) is 0.697. The summed E-state index contributed by atoms with van der Waals surface area (Å²) < 4.78 is 0.827. The standard InChI is InChI=1S/C14H10IN5/c15-10-11(9-5-2-1-3-6-9)19-14(20-12(10)16)13-17-7-4-8-18-13/h1-8H,(H2,16,19,20). The zero-order chi connectivity index (χ0) is 13.9. The summed E-state index contributed by atoms with van der Waals surface area (Å²) in [5.74, 6) is 1.33. The molecular weight excluding hydrogens is 365 g/mol. The highest BCUT2D eigenvalue weighted by Gasteiger charge is 2.14. The topological polar surface area (TPSA) is 77.6 Å². The minimum Gasteiger partial charge on any atom is -0.383 e. The molecule has 6 heteroatoms. The van der Waals surface area contributed by atoms with Crippen LogP contribution in [0.4, 0.5) is 5.82 Å². The van der Waals surface area contributed by atoms with E-state index in [1.807, 2.05) is 30.3 Å². The Morgan fingerprint density at radius 3 is 2.25 bits per heavy atom. The van der Waals surface area contributed by atoms with Gasteiger partial charge in [-0.3, -0.25) is 0 Å². The van der Waals surface area contributed by atoms with Crippen molar-refractivity contribution in [2.24, 2.45) is 0 Å². The molecule has 0 saturated heterocycles. The number of aromatic nitrogens is 4. The molecular formula is C14H10IN5. The lowest BCUT2D eigenvalue weighted by Crippen LogP contribution is -2.04. The predicted octanol–water partition coefficient (Wildman–Crippen LogP) is 2.79. The van der Waals surface area contributed by atoms with Gasteiger partial charge in [0.2, 0.25) is 0 Å². The second-order valence-corrected chi connectivity index (χ2v) is 5.11. The third kappa shape index (κ3) is 2.46. The average molecular weight is 375 g/mol. The molecule has 0 aliphatic carbocycles. The van der Waals surface area contributed by atoms with Gasteiger partial charge in [-0.05, 0) is 28.7 Å². The van der Waals surface area contributed by atoms with E-state index in [1.165, 1.54) is 0 Å². The van der Waals surface area contributed by atoms with Gasteiger partial charge < -0.3 is 5.73 Å². The number of rotatable bonds is 2. The first kappa shape index (κ1) is 12.9. The van der Waals surface area contributed by atoms with Gasteiger partial charge in [0.1, 0.15) is 5.82 Å². The molecule has 3 rings (SSSR count). The molecule has 0 spiro atoms. The zero-order valence-electron chi connectivity index (χ0n) is 10.4. The van der Waals surface area contributed by atoms with E-state index in [0.29, 0.717) is 17.5 Å². The summed E-state index contributed by atoms with van der Waals surface area (Å²) in [6, 6.07) is 11.6. The molecule has 98 valence electrons. The van der Waals surface area contributed by atoms with Crippen molar-refractivity contribution in [3.05, 3.63) is 52.4 Å². The largest absolute Gasteiger partial charge is 0.383 e. The number of hydrogen-bond donors (Lipinski definition) is 1. The van der Waals surface area contributed by atoms with Gasteiger partial charge in [0.15, 0.2) is 11.6 Å². The van der Waals surface area contributed by atoms with Crippen molar-refractivity contribution in [1.29, 1.82) is 0 Å². The van der Waals surface area contributed by atoms with Gasteiger partial charge >= 0.3 is 0 Å². The van der Waals surface area contributed by atoms with Gasteiger partial charge in [-0.2, -0.15) is 0 Å². The molecule has 3 aromatic rings. The molecule has 2 aromatic heterocycles. The van der Waals surface area contributed by atoms with Crippen molar-refractivity contribution < 1.29 is 0 Å². The predicted molar refractivity (Wildman–Crippen MR) is 85.6 cm³/mol. The molecule has 20 heavy (non-hydrogen) atoms. The molecule has 2 heterocycles. The fraction of sp³-hybridized carbons (Fsp3) is 0. The lowest BCUT2D eigenvalue weighted by Gasteiger charge is -2.08. The second kappa shape index (κ2) is 5.49. The Balaban J connectivity index is 2.19. The minimum absolute atomic E-state index is 0.432. The SMILES string of the molecule is Nc1nc(-c2ncccn2)nc(-c2ccccc2)c1I. The number of nitrogens with zero attached hydrogens (tertiary/aromatic N) is 4. The fourth-order valence-electron chi connectivity index (χ4n) is 1.77. The Morgan fingerprint density at radius 1 is 0.850 bits per heavy atom.